The quantitative estimate of drug-likeness (QED) is 0.894. The van der Waals surface area contributed by atoms with Gasteiger partial charge in [0.15, 0.2) is 0 Å². The highest BCUT2D eigenvalue weighted by molar-refractivity contribution is 6.30. The van der Waals surface area contributed by atoms with Gasteiger partial charge >= 0.3 is 0 Å². The van der Waals surface area contributed by atoms with Gasteiger partial charge in [-0.3, -0.25) is 0 Å². The molecule has 1 aromatic carbocycles. The van der Waals surface area contributed by atoms with E-state index in [-0.39, 0.29) is 0 Å². The van der Waals surface area contributed by atoms with Crippen molar-refractivity contribution in [1.29, 1.82) is 0 Å². The third-order valence-electron chi connectivity index (χ3n) is 2.45. The van der Waals surface area contributed by atoms with Crippen molar-refractivity contribution < 1.29 is 4.74 Å². The number of pyridine rings is 1. The molecule has 2 rings (SSSR count). The normalized spacial score (nSPS) is 10.2. The molecule has 94 valence electrons. The molecule has 0 aliphatic rings. The summed E-state index contributed by atoms with van der Waals surface area (Å²) in [5.41, 5.74) is 1.02. The van der Waals surface area contributed by atoms with Gasteiger partial charge in [-0.2, -0.15) is 4.98 Å². The fourth-order valence-corrected chi connectivity index (χ4v) is 1.71. The number of ether oxygens (including phenoxy) is 1. The summed E-state index contributed by atoms with van der Waals surface area (Å²) in [5, 5.41) is 3.79. The number of aryl methyl sites for hydroxylation is 1. The Balaban J connectivity index is 2.22. The van der Waals surface area contributed by atoms with Crippen molar-refractivity contribution in [3.63, 3.8) is 0 Å². The van der Waals surface area contributed by atoms with Crippen LogP contribution >= 0.6 is 11.6 Å². The van der Waals surface area contributed by atoms with Gasteiger partial charge in [0.05, 0.1) is 0 Å². The Hall–Kier alpha value is -1.74. The van der Waals surface area contributed by atoms with Crippen LogP contribution in [0.2, 0.25) is 5.02 Å². The second-order valence-electron chi connectivity index (χ2n) is 3.90. The summed E-state index contributed by atoms with van der Waals surface area (Å²) < 4.78 is 5.74. The fraction of sp³-hybridized carbons (Fsp3) is 0.214. The van der Waals surface area contributed by atoms with Gasteiger partial charge in [0.1, 0.15) is 11.6 Å². The molecule has 4 heteroatoms. The van der Waals surface area contributed by atoms with Gasteiger partial charge < -0.3 is 10.1 Å². The molecule has 2 aromatic rings. The molecule has 0 spiro atoms. The smallest absolute Gasteiger partial charge is 0.221 e. The number of aromatic nitrogens is 1. The highest BCUT2D eigenvalue weighted by Crippen LogP contribution is 2.27. The van der Waals surface area contributed by atoms with Gasteiger partial charge in [-0.1, -0.05) is 23.7 Å². The van der Waals surface area contributed by atoms with Crippen LogP contribution in [0.15, 0.2) is 36.4 Å². The van der Waals surface area contributed by atoms with E-state index < -0.39 is 0 Å². The van der Waals surface area contributed by atoms with Crippen LogP contribution in [-0.4, -0.2) is 11.5 Å². The van der Waals surface area contributed by atoms with Crippen LogP contribution in [0.1, 0.15) is 12.5 Å². The van der Waals surface area contributed by atoms with Gasteiger partial charge in [-0.15, -0.1) is 0 Å². The number of rotatable bonds is 4. The van der Waals surface area contributed by atoms with E-state index in [0.29, 0.717) is 10.9 Å². The molecule has 0 bridgehead atoms. The first-order valence-corrected chi connectivity index (χ1v) is 6.22. The highest BCUT2D eigenvalue weighted by Gasteiger charge is 2.04. The number of benzene rings is 1. The third kappa shape index (κ3) is 3.14. The maximum absolute atomic E-state index is 5.95. The van der Waals surface area contributed by atoms with Crippen molar-refractivity contribution in [3.05, 3.63) is 47.0 Å². The lowest BCUT2D eigenvalue weighted by Crippen LogP contribution is -1.99. The molecule has 3 nitrogen and oxygen atoms in total. The molecule has 18 heavy (non-hydrogen) atoms. The van der Waals surface area contributed by atoms with Gasteiger partial charge in [0, 0.05) is 17.6 Å². The summed E-state index contributed by atoms with van der Waals surface area (Å²) in [6.45, 7) is 4.82. The first-order valence-electron chi connectivity index (χ1n) is 5.84. The Labute approximate surface area is 112 Å². The molecule has 0 unspecified atom stereocenters. The monoisotopic (exact) mass is 262 g/mol. The third-order valence-corrected chi connectivity index (χ3v) is 2.68. The van der Waals surface area contributed by atoms with Crippen LogP contribution in [0.5, 0.6) is 11.6 Å². The molecule has 0 aliphatic carbocycles. The molecule has 0 fully saturated rings. The summed E-state index contributed by atoms with van der Waals surface area (Å²) in [6, 6.07) is 11.2. The predicted octanol–water partition coefficient (Wildman–Crippen LogP) is 4.27. The van der Waals surface area contributed by atoms with E-state index in [2.05, 4.69) is 10.3 Å². The van der Waals surface area contributed by atoms with Crippen LogP contribution in [0, 0.1) is 6.92 Å². The zero-order valence-corrected chi connectivity index (χ0v) is 11.2. The van der Waals surface area contributed by atoms with Crippen molar-refractivity contribution in [1.82, 2.24) is 4.98 Å². The molecular formula is C14H15ClN2O. The number of nitrogens with one attached hydrogen (secondary N) is 1. The molecule has 0 amide bonds. The number of hydrogen-bond donors (Lipinski definition) is 1. The average Bonchev–Trinajstić information content (AvgIpc) is 2.35. The maximum Gasteiger partial charge on any atom is 0.221 e. The van der Waals surface area contributed by atoms with Crippen molar-refractivity contribution in [3.8, 4) is 11.6 Å². The number of nitrogens with zero attached hydrogens (tertiary/aromatic N) is 1. The summed E-state index contributed by atoms with van der Waals surface area (Å²) in [7, 11) is 0. The molecule has 1 heterocycles. The van der Waals surface area contributed by atoms with Gasteiger partial charge in [0.2, 0.25) is 5.88 Å². The lowest BCUT2D eigenvalue weighted by Gasteiger charge is -2.09. The zero-order valence-electron chi connectivity index (χ0n) is 10.4. The Kier molecular flexibility index (Phi) is 4.05. The van der Waals surface area contributed by atoms with Gasteiger partial charge in [0.25, 0.3) is 0 Å². The second-order valence-corrected chi connectivity index (χ2v) is 4.34. The first kappa shape index (κ1) is 12.7. The van der Waals surface area contributed by atoms with E-state index >= 15 is 0 Å². The molecule has 0 saturated carbocycles. The van der Waals surface area contributed by atoms with E-state index in [9.17, 15) is 0 Å². The number of halogens is 1. The Morgan fingerprint density at radius 3 is 2.89 bits per heavy atom. The summed E-state index contributed by atoms with van der Waals surface area (Å²) in [5.74, 6) is 2.08. The summed E-state index contributed by atoms with van der Waals surface area (Å²) in [6.07, 6.45) is 0. The topological polar surface area (TPSA) is 34.1 Å². The molecule has 1 aromatic heterocycles. The second kappa shape index (κ2) is 5.74. The predicted molar refractivity (Wildman–Crippen MR) is 74.7 cm³/mol. The Morgan fingerprint density at radius 2 is 2.11 bits per heavy atom. The van der Waals surface area contributed by atoms with E-state index in [4.69, 9.17) is 16.3 Å². The SMILES string of the molecule is CCNc1cccc(Oc2cc(Cl)ccc2C)n1. The van der Waals surface area contributed by atoms with Crippen LogP contribution in [0.3, 0.4) is 0 Å². The van der Waals surface area contributed by atoms with E-state index in [0.717, 1.165) is 23.7 Å². The largest absolute Gasteiger partial charge is 0.439 e. The molecule has 0 radical (unpaired) electrons. The lowest BCUT2D eigenvalue weighted by molar-refractivity contribution is 0.460. The molecule has 1 N–H and O–H groups in total. The van der Waals surface area contributed by atoms with Crippen LogP contribution in [0.25, 0.3) is 0 Å². The zero-order chi connectivity index (χ0) is 13.0. The fourth-order valence-electron chi connectivity index (χ4n) is 1.55. The minimum atomic E-state index is 0.554. The van der Waals surface area contributed by atoms with E-state index in [1.807, 2.05) is 44.2 Å². The van der Waals surface area contributed by atoms with E-state index in [1.54, 1.807) is 6.07 Å². The maximum atomic E-state index is 5.95. The number of hydrogen-bond acceptors (Lipinski definition) is 3. The lowest BCUT2D eigenvalue weighted by atomic mass is 10.2. The summed E-state index contributed by atoms with van der Waals surface area (Å²) in [4.78, 5) is 4.35. The Morgan fingerprint density at radius 1 is 1.28 bits per heavy atom. The molecule has 0 atom stereocenters. The van der Waals surface area contributed by atoms with Crippen molar-refractivity contribution in [2.45, 2.75) is 13.8 Å². The van der Waals surface area contributed by atoms with E-state index in [1.165, 1.54) is 0 Å². The van der Waals surface area contributed by atoms with Gasteiger partial charge in [-0.25, -0.2) is 0 Å². The van der Waals surface area contributed by atoms with Crippen molar-refractivity contribution >= 4 is 17.4 Å². The average molecular weight is 263 g/mol. The van der Waals surface area contributed by atoms with Crippen molar-refractivity contribution in [2.75, 3.05) is 11.9 Å². The first-order chi connectivity index (χ1) is 8.69. The van der Waals surface area contributed by atoms with Crippen LogP contribution in [0.4, 0.5) is 5.82 Å². The number of anilines is 1. The van der Waals surface area contributed by atoms with Crippen LogP contribution in [-0.2, 0) is 0 Å². The van der Waals surface area contributed by atoms with Crippen LogP contribution < -0.4 is 10.1 Å². The minimum absolute atomic E-state index is 0.554. The van der Waals surface area contributed by atoms with Crippen molar-refractivity contribution in [2.24, 2.45) is 0 Å². The van der Waals surface area contributed by atoms with Gasteiger partial charge in [-0.05, 0) is 37.6 Å². The Bertz CT molecular complexity index is 543. The molecule has 0 saturated heterocycles. The standard InChI is InChI=1S/C14H15ClN2O/c1-3-16-13-5-4-6-14(17-13)18-12-9-11(15)8-7-10(12)2/h4-9H,3H2,1-2H3,(H,16,17). The summed E-state index contributed by atoms with van der Waals surface area (Å²) >= 11 is 5.95. The molecular weight excluding hydrogens is 248 g/mol. The highest BCUT2D eigenvalue weighted by atomic mass is 35.5. The minimum Gasteiger partial charge on any atom is -0.439 e. The molecule has 0 aliphatic heterocycles.